The summed E-state index contributed by atoms with van der Waals surface area (Å²) in [5.74, 6) is 1.07. The summed E-state index contributed by atoms with van der Waals surface area (Å²) in [5, 5.41) is 0. The van der Waals surface area contributed by atoms with Crippen molar-refractivity contribution in [1.29, 1.82) is 0 Å². The lowest BCUT2D eigenvalue weighted by molar-refractivity contribution is 0.412. The van der Waals surface area contributed by atoms with Gasteiger partial charge < -0.3 is 9.47 Å². The molecule has 22 heavy (non-hydrogen) atoms. The summed E-state index contributed by atoms with van der Waals surface area (Å²) in [7, 11) is 3.17. The van der Waals surface area contributed by atoms with Crippen molar-refractivity contribution in [3.05, 3.63) is 71.8 Å². The van der Waals surface area contributed by atoms with Gasteiger partial charge in [-0.25, -0.2) is 0 Å². The van der Waals surface area contributed by atoms with Crippen LogP contribution in [0.2, 0.25) is 0 Å². The third kappa shape index (κ3) is 4.32. The van der Waals surface area contributed by atoms with Crippen LogP contribution in [0.3, 0.4) is 0 Å². The lowest BCUT2D eigenvalue weighted by atomic mass is 9.92. The molecule has 0 saturated carbocycles. The van der Waals surface area contributed by atoms with Crippen LogP contribution < -0.4 is 9.47 Å². The normalized spacial score (nSPS) is 11.6. The Morgan fingerprint density at radius 3 is 1.86 bits per heavy atom. The number of hydrogen-bond donors (Lipinski definition) is 0. The number of methoxy groups -OCH3 is 2. The van der Waals surface area contributed by atoms with Crippen LogP contribution in [0.1, 0.15) is 17.0 Å². The summed E-state index contributed by atoms with van der Waals surface area (Å²) in [6.07, 6.45) is -0.186. The van der Waals surface area contributed by atoms with Crippen LogP contribution in [0.4, 0.5) is 8.78 Å². The number of rotatable bonds is 6. The second-order valence-corrected chi connectivity index (χ2v) is 4.89. The van der Waals surface area contributed by atoms with E-state index in [-0.39, 0.29) is 5.92 Å². The first kappa shape index (κ1) is 16.0. The average molecular weight is 304 g/mol. The summed E-state index contributed by atoms with van der Waals surface area (Å²) in [6.45, 7) is 0. The minimum atomic E-state index is -1.67. The van der Waals surface area contributed by atoms with E-state index in [1.807, 2.05) is 36.4 Å². The Bertz CT molecular complexity index is 615. The van der Waals surface area contributed by atoms with E-state index in [2.05, 4.69) is 0 Å². The molecule has 0 spiro atoms. The molecule has 0 aliphatic heterocycles. The maximum atomic E-state index is 12.8. The fourth-order valence-corrected chi connectivity index (χ4v) is 2.29. The maximum absolute atomic E-state index is 12.8. The van der Waals surface area contributed by atoms with E-state index >= 15 is 0 Å². The fraction of sp³-hybridized carbons (Fsp3) is 0.222. The maximum Gasteiger partial charge on any atom is 0.266 e. The van der Waals surface area contributed by atoms with E-state index in [0.29, 0.717) is 12.2 Å². The van der Waals surface area contributed by atoms with E-state index in [1.165, 1.54) is 0 Å². The summed E-state index contributed by atoms with van der Waals surface area (Å²) in [5.41, 5.74) is 1.79. The lowest BCUT2D eigenvalue weighted by Gasteiger charge is -2.14. The summed E-state index contributed by atoms with van der Waals surface area (Å²) >= 11 is 0. The van der Waals surface area contributed by atoms with E-state index in [1.54, 1.807) is 26.4 Å². The van der Waals surface area contributed by atoms with Crippen LogP contribution in [0.15, 0.2) is 60.7 Å². The molecule has 4 heteroatoms. The standard InChI is InChI=1S/C18H18F2O2/c1-21-16-7-3-13(4-8-16)11-15(12-18(19)20)14-5-9-17(22-2)10-6-14/h3-10,12,15H,11H2,1-2H3. The molecule has 0 N–H and O–H groups in total. The molecule has 2 nitrogen and oxygen atoms in total. The molecule has 0 aromatic heterocycles. The Kier molecular flexibility index (Phi) is 5.53. The smallest absolute Gasteiger partial charge is 0.266 e. The molecule has 2 rings (SSSR count). The summed E-state index contributed by atoms with van der Waals surface area (Å²) < 4.78 is 35.7. The second-order valence-electron chi connectivity index (χ2n) is 4.89. The van der Waals surface area contributed by atoms with Crippen LogP contribution in [0.5, 0.6) is 11.5 Å². The minimum Gasteiger partial charge on any atom is -0.497 e. The highest BCUT2D eigenvalue weighted by Crippen LogP contribution is 2.27. The molecule has 1 unspecified atom stereocenters. The zero-order valence-electron chi connectivity index (χ0n) is 12.6. The molecular formula is C18H18F2O2. The van der Waals surface area contributed by atoms with Crippen LogP contribution in [-0.4, -0.2) is 14.2 Å². The number of hydrogen-bond acceptors (Lipinski definition) is 2. The van der Waals surface area contributed by atoms with E-state index in [9.17, 15) is 8.78 Å². The Morgan fingerprint density at radius 2 is 1.41 bits per heavy atom. The highest BCUT2D eigenvalue weighted by atomic mass is 19.3. The van der Waals surface area contributed by atoms with Gasteiger partial charge in [0.15, 0.2) is 0 Å². The molecule has 1 atom stereocenters. The van der Waals surface area contributed by atoms with Crippen LogP contribution in [0, 0.1) is 0 Å². The van der Waals surface area contributed by atoms with Gasteiger partial charge in [0.05, 0.1) is 14.2 Å². The third-order valence-electron chi connectivity index (χ3n) is 3.49. The monoisotopic (exact) mass is 304 g/mol. The summed E-state index contributed by atoms with van der Waals surface area (Å²) in [4.78, 5) is 0. The highest BCUT2D eigenvalue weighted by molar-refractivity contribution is 5.34. The van der Waals surface area contributed by atoms with Crippen LogP contribution in [-0.2, 0) is 6.42 Å². The Hall–Kier alpha value is -2.36. The van der Waals surface area contributed by atoms with Crippen molar-refractivity contribution in [3.63, 3.8) is 0 Å². The van der Waals surface area contributed by atoms with E-state index < -0.39 is 6.08 Å². The topological polar surface area (TPSA) is 18.5 Å². The quantitative estimate of drug-likeness (QED) is 0.762. The molecule has 0 radical (unpaired) electrons. The van der Waals surface area contributed by atoms with Gasteiger partial charge >= 0.3 is 0 Å². The zero-order valence-corrected chi connectivity index (χ0v) is 12.6. The van der Waals surface area contributed by atoms with Crippen molar-refractivity contribution >= 4 is 0 Å². The van der Waals surface area contributed by atoms with Crippen molar-refractivity contribution in [1.82, 2.24) is 0 Å². The van der Waals surface area contributed by atoms with Gasteiger partial charge in [-0.1, -0.05) is 24.3 Å². The number of allylic oxidation sites excluding steroid dienone is 1. The molecule has 0 aliphatic carbocycles. The van der Waals surface area contributed by atoms with E-state index in [4.69, 9.17) is 9.47 Å². The molecule has 0 heterocycles. The molecule has 2 aromatic rings. The van der Waals surface area contributed by atoms with Crippen LogP contribution >= 0.6 is 0 Å². The molecule has 0 aliphatic rings. The fourth-order valence-electron chi connectivity index (χ4n) is 2.29. The number of ether oxygens (including phenoxy) is 2. The molecule has 116 valence electrons. The minimum absolute atomic E-state index is 0.385. The molecule has 0 amide bonds. The van der Waals surface area contributed by atoms with Crippen molar-refractivity contribution < 1.29 is 18.3 Å². The Labute approximate surface area is 129 Å². The van der Waals surface area contributed by atoms with Crippen molar-refractivity contribution in [3.8, 4) is 11.5 Å². The van der Waals surface area contributed by atoms with Crippen molar-refractivity contribution in [2.75, 3.05) is 14.2 Å². The SMILES string of the molecule is COc1ccc(CC(C=C(F)F)c2ccc(OC)cc2)cc1. The van der Waals surface area contributed by atoms with Gasteiger partial charge in [-0.2, -0.15) is 8.78 Å². The van der Waals surface area contributed by atoms with Gasteiger partial charge in [0.1, 0.15) is 11.5 Å². The number of halogens is 2. The predicted octanol–water partition coefficient (Wildman–Crippen LogP) is 4.81. The molecular weight excluding hydrogens is 286 g/mol. The Balaban J connectivity index is 2.22. The van der Waals surface area contributed by atoms with Crippen LogP contribution in [0.25, 0.3) is 0 Å². The highest BCUT2D eigenvalue weighted by Gasteiger charge is 2.12. The first-order valence-corrected chi connectivity index (χ1v) is 6.92. The molecule has 0 bridgehead atoms. The van der Waals surface area contributed by atoms with E-state index in [0.717, 1.165) is 23.0 Å². The number of benzene rings is 2. The lowest BCUT2D eigenvalue weighted by Crippen LogP contribution is -2.01. The summed E-state index contributed by atoms with van der Waals surface area (Å²) in [6, 6.07) is 14.6. The van der Waals surface area contributed by atoms with Gasteiger partial charge in [-0.3, -0.25) is 0 Å². The average Bonchev–Trinajstić information content (AvgIpc) is 2.54. The van der Waals surface area contributed by atoms with Gasteiger partial charge in [-0.15, -0.1) is 0 Å². The van der Waals surface area contributed by atoms with Gasteiger partial charge in [-0.05, 0) is 47.9 Å². The zero-order chi connectivity index (χ0) is 15.9. The van der Waals surface area contributed by atoms with Gasteiger partial charge in [0.25, 0.3) is 6.08 Å². The van der Waals surface area contributed by atoms with Gasteiger partial charge in [0.2, 0.25) is 0 Å². The predicted molar refractivity (Wildman–Crippen MR) is 82.7 cm³/mol. The van der Waals surface area contributed by atoms with Gasteiger partial charge in [0, 0.05) is 5.92 Å². The second kappa shape index (κ2) is 7.59. The largest absolute Gasteiger partial charge is 0.497 e. The Morgan fingerprint density at radius 1 is 0.909 bits per heavy atom. The molecule has 0 saturated heterocycles. The van der Waals surface area contributed by atoms with Crippen molar-refractivity contribution in [2.45, 2.75) is 12.3 Å². The molecule has 0 fully saturated rings. The first-order chi connectivity index (χ1) is 10.6. The molecule has 2 aromatic carbocycles. The first-order valence-electron chi connectivity index (χ1n) is 6.92. The third-order valence-corrected chi connectivity index (χ3v) is 3.49. The van der Waals surface area contributed by atoms with Crippen molar-refractivity contribution in [2.24, 2.45) is 0 Å².